The van der Waals surface area contributed by atoms with Crippen molar-refractivity contribution in [3.8, 4) is 21.8 Å². The molecule has 0 saturated heterocycles. The first-order valence-corrected chi connectivity index (χ1v) is 7.04. The normalized spacial score (nSPS) is 10.4. The van der Waals surface area contributed by atoms with E-state index in [1.165, 1.54) is 5.56 Å². The van der Waals surface area contributed by atoms with Crippen molar-refractivity contribution in [3.63, 3.8) is 0 Å². The van der Waals surface area contributed by atoms with Gasteiger partial charge in [0.25, 0.3) is 0 Å². The molecule has 3 aromatic rings. The van der Waals surface area contributed by atoms with Crippen LogP contribution < -0.4 is 5.32 Å². The van der Waals surface area contributed by atoms with Gasteiger partial charge in [0.15, 0.2) is 0 Å². The molecule has 1 N–H and O–H groups in total. The van der Waals surface area contributed by atoms with E-state index in [1.54, 1.807) is 11.3 Å². The Bertz CT molecular complexity index is 674. The van der Waals surface area contributed by atoms with Crippen LogP contribution in [0.25, 0.3) is 21.8 Å². The zero-order chi connectivity index (χ0) is 13.1. The lowest BCUT2D eigenvalue weighted by Gasteiger charge is -2.02. The molecule has 0 saturated carbocycles. The maximum Gasteiger partial charge on any atom is 0.124 e. The van der Waals surface area contributed by atoms with Crippen LogP contribution in [0, 0.1) is 0 Å². The number of nitrogens with one attached hydrogen (secondary N) is 1. The Labute approximate surface area is 116 Å². The van der Waals surface area contributed by atoms with Crippen LogP contribution >= 0.6 is 11.3 Å². The monoisotopic (exact) mass is 266 g/mol. The highest BCUT2D eigenvalue weighted by molar-refractivity contribution is 7.13. The molecule has 94 valence electrons. The van der Waals surface area contributed by atoms with Crippen molar-refractivity contribution in [2.24, 2.45) is 0 Å². The Balaban J connectivity index is 1.97. The fourth-order valence-electron chi connectivity index (χ4n) is 1.95. The fraction of sp³-hybridized carbons (Fsp3) is 0.0625. The molecule has 0 fully saturated rings. The molecule has 0 aliphatic rings. The van der Waals surface area contributed by atoms with Gasteiger partial charge in [-0.15, -0.1) is 11.3 Å². The standard InChI is InChI=1S/C16H14N2S/c1-17-14-9-5-8-13(10-14)15-11-19-16(18-15)12-6-3-2-4-7-12/h2-11,17H,1H3. The second kappa shape index (κ2) is 5.24. The van der Waals surface area contributed by atoms with Gasteiger partial charge in [0.1, 0.15) is 5.01 Å². The summed E-state index contributed by atoms with van der Waals surface area (Å²) in [6, 6.07) is 18.6. The maximum absolute atomic E-state index is 4.72. The predicted molar refractivity (Wildman–Crippen MR) is 82.5 cm³/mol. The molecule has 0 amide bonds. The Morgan fingerprint density at radius 1 is 0.947 bits per heavy atom. The largest absolute Gasteiger partial charge is 0.388 e. The average Bonchev–Trinajstić information content (AvgIpc) is 2.98. The minimum absolute atomic E-state index is 1.03. The number of hydrogen-bond donors (Lipinski definition) is 1. The average molecular weight is 266 g/mol. The van der Waals surface area contributed by atoms with Crippen LogP contribution in [0.4, 0.5) is 5.69 Å². The van der Waals surface area contributed by atoms with E-state index in [2.05, 4.69) is 35.0 Å². The van der Waals surface area contributed by atoms with Crippen molar-refractivity contribution in [1.29, 1.82) is 0 Å². The SMILES string of the molecule is CNc1cccc(-c2csc(-c3ccccc3)n2)c1. The summed E-state index contributed by atoms with van der Waals surface area (Å²) in [4.78, 5) is 4.72. The first-order chi connectivity index (χ1) is 9.36. The van der Waals surface area contributed by atoms with Crippen LogP contribution in [0.2, 0.25) is 0 Å². The van der Waals surface area contributed by atoms with E-state index in [1.807, 2.05) is 37.4 Å². The van der Waals surface area contributed by atoms with Crippen molar-refractivity contribution in [2.45, 2.75) is 0 Å². The Kier molecular flexibility index (Phi) is 3.29. The lowest BCUT2D eigenvalue weighted by Crippen LogP contribution is -1.87. The zero-order valence-electron chi connectivity index (χ0n) is 10.6. The zero-order valence-corrected chi connectivity index (χ0v) is 11.4. The van der Waals surface area contributed by atoms with Gasteiger partial charge in [0, 0.05) is 29.2 Å². The summed E-state index contributed by atoms with van der Waals surface area (Å²) in [6.07, 6.45) is 0. The van der Waals surface area contributed by atoms with Crippen molar-refractivity contribution < 1.29 is 0 Å². The van der Waals surface area contributed by atoms with E-state index < -0.39 is 0 Å². The molecule has 0 atom stereocenters. The minimum Gasteiger partial charge on any atom is -0.388 e. The summed E-state index contributed by atoms with van der Waals surface area (Å²) < 4.78 is 0. The highest BCUT2D eigenvalue weighted by Crippen LogP contribution is 2.29. The number of hydrogen-bond acceptors (Lipinski definition) is 3. The van der Waals surface area contributed by atoms with Crippen molar-refractivity contribution in [1.82, 2.24) is 4.98 Å². The summed E-state index contributed by atoms with van der Waals surface area (Å²) in [5.74, 6) is 0. The topological polar surface area (TPSA) is 24.9 Å². The van der Waals surface area contributed by atoms with E-state index in [0.717, 1.165) is 22.0 Å². The van der Waals surface area contributed by atoms with E-state index in [9.17, 15) is 0 Å². The molecule has 0 unspecified atom stereocenters. The van der Waals surface area contributed by atoms with E-state index in [-0.39, 0.29) is 0 Å². The Morgan fingerprint density at radius 2 is 1.74 bits per heavy atom. The number of anilines is 1. The number of aromatic nitrogens is 1. The van der Waals surface area contributed by atoms with Crippen LogP contribution in [0.1, 0.15) is 0 Å². The van der Waals surface area contributed by atoms with Gasteiger partial charge in [-0.05, 0) is 12.1 Å². The van der Waals surface area contributed by atoms with Crippen molar-refractivity contribution in [2.75, 3.05) is 12.4 Å². The van der Waals surface area contributed by atoms with Gasteiger partial charge in [-0.25, -0.2) is 4.98 Å². The van der Waals surface area contributed by atoms with Gasteiger partial charge in [0.05, 0.1) is 5.69 Å². The molecule has 0 aliphatic heterocycles. The molecule has 2 aromatic carbocycles. The van der Waals surface area contributed by atoms with Crippen LogP contribution in [0.15, 0.2) is 60.0 Å². The molecule has 1 heterocycles. The lowest BCUT2D eigenvalue weighted by molar-refractivity contribution is 1.40. The quantitative estimate of drug-likeness (QED) is 0.754. The molecule has 0 bridgehead atoms. The van der Waals surface area contributed by atoms with Gasteiger partial charge in [-0.3, -0.25) is 0 Å². The molecule has 0 aliphatic carbocycles. The van der Waals surface area contributed by atoms with Crippen LogP contribution in [-0.2, 0) is 0 Å². The number of rotatable bonds is 3. The Hall–Kier alpha value is -2.13. The van der Waals surface area contributed by atoms with E-state index >= 15 is 0 Å². The first kappa shape index (κ1) is 11.9. The first-order valence-electron chi connectivity index (χ1n) is 6.16. The Morgan fingerprint density at radius 3 is 2.53 bits per heavy atom. The van der Waals surface area contributed by atoms with Gasteiger partial charge < -0.3 is 5.32 Å². The second-order valence-corrected chi connectivity index (χ2v) is 5.09. The number of benzene rings is 2. The molecule has 1 aromatic heterocycles. The van der Waals surface area contributed by atoms with Gasteiger partial charge in [-0.2, -0.15) is 0 Å². The third-order valence-electron chi connectivity index (χ3n) is 2.97. The molecular weight excluding hydrogens is 252 g/mol. The number of nitrogens with zero attached hydrogens (tertiary/aromatic N) is 1. The third kappa shape index (κ3) is 2.51. The summed E-state index contributed by atoms with van der Waals surface area (Å²) >= 11 is 1.68. The minimum atomic E-state index is 1.03. The van der Waals surface area contributed by atoms with E-state index in [4.69, 9.17) is 4.98 Å². The van der Waals surface area contributed by atoms with Crippen LogP contribution in [0.3, 0.4) is 0 Å². The predicted octanol–water partition coefficient (Wildman–Crippen LogP) is 4.52. The summed E-state index contributed by atoms with van der Waals surface area (Å²) in [5.41, 5.74) is 4.45. The van der Waals surface area contributed by atoms with Crippen molar-refractivity contribution >= 4 is 17.0 Å². The number of thiazole rings is 1. The molecule has 0 radical (unpaired) electrons. The van der Waals surface area contributed by atoms with Gasteiger partial charge in [0.2, 0.25) is 0 Å². The molecule has 19 heavy (non-hydrogen) atoms. The van der Waals surface area contributed by atoms with E-state index in [0.29, 0.717) is 0 Å². The van der Waals surface area contributed by atoms with Crippen LogP contribution in [-0.4, -0.2) is 12.0 Å². The highest BCUT2D eigenvalue weighted by atomic mass is 32.1. The van der Waals surface area contributed by atoms with Gasteiger partial charge >= 0.3 is 0 Å². The van der Waals surface area contributed by atoms with Gasteiger partial charge in [-0.1, -0.05) is 42.5 Å². The smallest absolute Gasteiger partial charge is 0.124 e. The van der Waals surface area contributed by atoms with Crippen LogP contribution in [0.5, 0.6) is 0 Å². The summed E-state index contributed by atoms with van der Waals surface area (Å²) in [6.45, 7) is 0. The highest BCUT2D eigenvalue weighted by Gasteiger charge is 2.06. The lowest BCUT2D eigenvalue weighted by atomic mass is 10.1. The summed E-state index contributed by atoms with van der Waals surface area (Å²) in [5, 5.41) is 6.32. The summed E-state index contributed by atoms with van der Waals surface area (Å²) in [7, 11) is 1.93. The molecule has 3 rings (SSSR count). The molecule has 3 heteroatoms. The second-order valence-electron chi connectivity index (χ2n) is 4.23. The fourth-order valence-corrected chi connectivity index (χ4v) is 2.79. The molecule has 2 nitrogen and oxygen atoms in total. The maximum atomic E-state index is 4.72. The third-order valence-corrected chi connectivity index (χ3v) is 3.86. The van der Waals surface area contributed by atoms with Crippen molar-refractivity contribution in [3.05, 3.63) is 60.0 Å². The molecular formula is C16H14N2S. The molecule has 0 spiro atoms.